The van der Waals surface area contributed by atoms with Crippen LogP contribution in [-0.2, 0) is 23.6 Å². The highest BCUT2D eigenvalue weighted by Crippen LogP contribution is 2.21. The van der Waals surface area contributed by atoms with Crippen molar-refractivity contribution in [2.24, 2.45) is 7.05 Å². The fourth-order valence-corrected chi connectivity index (χ4v) is 3.14. The highest BCUT2D eigenvalue weighted by Gasteiger charge is 2.24. The first-order valence-electron chi connectivity index (χ1n) is 5.84. The van der Waals surface area contributed by atoms with E-state index in [1.807, 2.05) is 0 Å². The molecule has 0 fully saturated rings. The Morgan fingerprint density at radius 1 is 1.35 bits per heavy atom. The molecule has 108 valence electrons. The maximum absolute atomic E-state index is 12.8. The van der Waals surface area contributed by atoms with Gasteiger partial charge in [0.25, 0.3) is 0 Å². The fourth-order valence-electron chi connectivity index (χ4n) is 1.80. The number of nitrogens with one attached hydrogen (secondary N) is 1. The van der Waals surface area contributed by atoms with Crippen LogP contribution in [0.3, 0.4) is 0 Å². The van der Waals surface area contributed by atoms with E-state index in [4.69, 9.17) is 5.73 Å². The smallest absolute Gasteiger partial charge is 0.246 e. The van der Waals surface area contributed by atoms with Crippen LogP contribution in [0.25, 0.3) is 0 Å². The molecule has 0 atom stereocenters. The Labute approximate surface area is 116 Å². The Morgan fingerprint density at radius 2 is 1.95 bits per heavy atom. The van der Waals surface area contributed by atoms with Gasteiger partial charge in [-0.15, -0.1) is 0 Å². The van der Waals surface area contributed by atoms with Crippen LogP contribution < -0.4 is 10.5 Å². The average molecular weight is 298 g/mol. The highest BCUT2D eigenvalue weighted by molar-refractivity contribution is 7.89. The zero-order chi connectivity index (χ0) is 14.9. The molecule has 1 heterocycles. The summed E-state index contributed by atoms with van der Waals surface area (Å²) in [5.74, 6) is -0.416. The lowest BCUT2D eigenvalue weighted by Crippen LogP contribution is -2.24. The van der Waals surface area contributed by atoms with Gasteiger partial charge in [0.1, 0.15) is 10.7 Å². The molecule has 0 amide bonds. The summed E-state index contributed by atoms with van der Waals surface area (Å²) in [7, 11) is -2.15. The van der Waals surface area contributed by atoms with Gasteiger partial charge in [-0.1, -0.05) is 12.1 Å². The first-order chi connectivity index (χ1) is 9.31. The van der Waals surface area contributed by atoms with Gasteiger partial charge < -0.3 is 5.73 Å². The van der Waals surface area contributed by atoms with Crippen molar-refractivity contribution >= 4 is 15.8 Å². The van der Waals surface area contributed by atoms with Crippen LogP contribution in [0.5, 0.6) is 0 Å². The Balaban J connectivity index is 2.21. The van der Waals surface area contributed by atoms with Crippen molar-refractivity contribution in [3.05, 3.63) is 41.3 Å². The number of halogens is 1. The summed E-state index contributed by atoms with van der Waals surface area (Å²) in [6, 6.07) is 5.56. The number of nitrogens with zero attached hydrogens (tertiary/aromatic N) is 2. The molecule has 6 nitrogen and oxygen atoms in total. The minimum Gasteiger partial charge on any atom is -0.381 e. The molecule has 1 aromatic carbocycles. The topological polar surface area (TPSA) is 90.0 Å². The van der Waals surface area contributed by atoms with Gasteiger partial charge in [-0.05, 0) is 24.6 Å². The summed E-state index contributed by atoms with van der Waals surface area (Å²) in [5.41, 5.74) is 6.72. The predicted octanol–water partition coefficient (Wildman–Crippen LogP) is 0.928. The molecule has 0 aliphatic carbocycles. The van der Waals surface area contributed by atoms with Crippen LogP contribution in [0.15, 0.2) is 29.2 Å². The second-order valence-electron chi connectivity index (χ2n) is 4.37. The molecule has 0 saturated heterocycles. The number of aromatic nitrogens is 2. The number of hydrogen-bond acceptors (Lipinski definition) is 4. The van der Waals surface area contributed by atoms with Crippen LogP contribution in [-0.4, -0.2) is 18.2 Å². The van der Waals surface area contributed by atoms with E-state index in [9.17, 15) is 12.8 Å². The normalized spacial score (nSPS) is 11.8. The molecule has 20 heavy (non-hydrogen) atoms. The number of nitrogen functional groups attached to an aromatic ring is 1. The molecular formula is C12H15FN4O2S. The summed E-state index contributed by atoms with van der Waals surface area (Å²) < 4.78 is 41.0. The van der Waals surface area contributed by atoms with Crippen molar-refractivity contribution in [2.45, 2.75) is 18.4 Å². The third-order valence-corrected chi connectivity index (χ3v) is 4.52. The molecule has 3 N–H and O–H groups in total. The van der Waals surface area contributed by atoms with Crippen LogP contribution in [0.2, 0.25) is 0 Å². The van der Waals surface area contributed by atoms with E-state index < -0.39 is 10.0 Å². The number of sulfonamides is 1. The molecule has 8 heteroatoms. The number of nitrogens with two attached hydrogens (primary N) is 1. The Morgan fingerprint density at radius 3 is 2.45 bits per heavy atom. The molecule has 2 rings (SSSR count). The van der Waals surface area contributed by atoms with Crippen molar-refractivity contribution in [3.8, 4) is 0 Å². The van der Waals surface area contributed by atoms with Crippen LogP contribution >= 0.6 is 0 Å². The van der Waals surface area contributed by atoms with E-state index in [1.54, 1.807) is 14.0 Å². The first kappa shape index (κ1) is 14.5. The van der Waals surface area contributed by atoms with E-state index in [1.165, 1.54) is 28.9 Å². The lowest BCUT2D eigenvalue weighted by Gasteiger charge is -2.07. The first-order valence-corrected chi connectivity index (χ1v) is 7.33. The Kier molecular flexibility index (Phi) is 3.78. The Hall–Kier alpha value is -1.93. The van der Waals surface area contributed by atoms with Gasteiger partial charge >= 0.3 is 0 Å². The lowest BCUT2D eigenvalue weighted by molar-refractivity contribution is 0.580. The third-order valence-electron chi connectivity index (χ3n) is 2.95. The minimum atomic E-state index is -3.76. The molecule has 0 bridgehead atoms. The van der Waals surface area contributed by atoms with Crippen molar-refractivity contribution in [3.63, 3.8) is 0 Å². The summed E-state index contributed by atoms with van der Waals surface area (Å²) in [6.07, 6.45) is 0. The van der Waals surface area contributed by atoms with E-state index >= 15 is 0 Å². The highest BCUT2D eigenvalue weighted by atomic mass is 32.2. The fraction of sp³-hybridized carbons (Fsp3) is 0.250. The summed E-state index contributed by atoms with van der Waals surface area (Å²) in [6.45, 7) is 1.67. The van der Waals surface area contributed by atoms with Crippen LogP contribution in [0.1, 0.15) is 11.3 Å². The molecule has 0 aliphatic rings. The molecule has 0 radical (unpaired) electrons. The SMILES string of the molecule is Cc1c(S(=O)(=O)NCc2ccc(F)cc2)c(N)nn1C. The predicted molar refractivity (Wildman–Crippen MR) is 72.8 cm³/mol. The second kappa shape index (κ2) is 5.22. The van der Waals surface area contributed by atoms with Crippen molar-refractivity contribution in [2.75, 3.05) is 5.73 Å². The standard InChI is InChI=1S/C12H15FN4O2S/c1-8-11(12(14)16-17(8)2)20(18,19)15-7-9-3-5-10(13)6-4-9/h3-6,15H,7H2,1-2H3,(H2,14,16). The van der Waals surface area contributed by atoms with E-state index in [-0.39, 0.29) is 23.1 Å². The number of aryl methyl sites for hydroxylation is 1. The average Bonchev–Trinajstić information content (AvgIpc) is 2.63. The van der Waals surface area contributed by atoms with E-state index in [2.05, 4.69) is 9.82 Å². The quantitative estimate of drug-likeness (QED) is 0.878. The van der Waals surface area contributed by atoms with Gasteiger partial charge in [-0.2, -0.15) is 5.10 Å². The number of rotatable bonds is 4. The van der Waals surface area contributed by atoms with Crippen LogP contribution in [0, 0.1) is 12.7 Å². The Bertz CT molecular complexity index is 723. The summed E-state index contributed by atoms with van der Waals surface area (Å²) >= 11 is 0. The zero-order valence-electron chi connectivity index (χ0n) is 11.1. The number of anilines is 1. The van der Waals surface area contributed by atoms with E-state index in [0.29, 0.717) is 11.3 Å². The van der Waals surface area contributed by atoms with Gasteiger partial charge in [0.05, 0.1) is 5.69 Å². The molecule has 0 saturated carbocycles. The monoisotopic (exact) mass is 298 g/mol. The minimum absolute atomic E-state index is 0.0258. The van der Waals surface area contributed by atoms with Crippen molar-refractivity contribution < 1.29 is 12.8 Å². The summed E-state index contributed by atoms with van der Waals surface area (Å²) in [4.78, 5) is -0.0258. The molecular weight excluding hydrogens is 283 g/mol. The number of benzene rings is 1. The maximum atomic E-state index is 12.8. The van der Waals surface area contributed by atoms with Crippen molar-refractivity contribution in [1.29, 1.82) is 0 Å². The molecule has 0 unspecified atom stereocenters. The van der Waals surface area contributed by atoms with Gasteiger partial charge in [0, 0.05) is 13.6 Å². The van der Waals surface area contributed by atoms with E-state index in [0.717, 1.165) is 0 Å². The van der Waals surface area contributed by atoms with Crippen molar-refractivity contribution in [1.82, 2.24) is 14.5 Å². The molecule has 0 spiro atoms. The maximum Gasteiger partial charge on any atom is 0.246 e. The van der Waals surface area contributed by atoms with Gasteiger partial charge in [-0.3, -0.25) is 4.68 Å². The molecule has 0 aliphatic heterocycles. The number of hydrogen-bond donors (Lipinski definition) is 2. The van der Waals surface area contributed by atoms with Gasteiger partial charge in [-0.25, -0.2) is 17.5 Å². The van der Waals surface area contributed by atoms with Crippen LogP contribution in [0.4, 0.5) is 10.2 Å². The van der Waals surface area contributed by atoms with Gasteiger partial charge in [0.2, 0.25) is 10.0 Å². The van der Waals surface area contributed by atoms with Gasteiger partial charge in [0.15, 0.2) is 5.82 Å². The second-order valence-corrected chi connectivity index (χ2v) is 6.08. The lowest BCUT2D eigenvalue weighted by atomic mass is 10.2. The molecule has 1 aromatic heterocycles. The third kappa shape index (κ3) is 2.81. The molecule has 2 aromatic rings. The zero-order valence-corrected chi connectivity index (χ0v) is 11.9. The largest absolute Gasteiger partial charge is 0.381 e. The summed E-state index contributed by atoms with van der Waals surface area (Å²) in [5, 5.41) is 3.87.